The molecular weight excluding hydrogens is 565 g/mol. The summed E-state index contributed by atoms with van der Waals surface area (Å²) in [5.41, 5.74) is 16.2. The third-order valence-electron chi connectivity index (χ3n) is 8.80. The van der Waals surface area contributed by atoms with E-state index in [0.717, 1.165) is 12.8 Å². The van der Waals surface area contributed by atoms with Crippen LogP contribution in [0, 0.1) is 6.92 Å². The molecule has 0 fully saturated rings. The average molecular weight is 603 g/mol. The molecule has 0 atom stereocenters. The van der Waals surface area contributed by atoms with Gasteiger partial charge in [-0.3, -0.25) is 0 Å². The molecule has 0 nitrogen and oxygen atoms in total. The zero-order valence-corrected chi connectivity index (χ0v) is 26.8. The first-order valence-corrected chi connectivity index (χ1v) is 16.5. The van der Waals surface area contributed by atoms with Crippen LogP contribution in [0.4, 0.5) is 0 Å². The topological polar surface area (TPSA) is 0 Å². The maximum atomic E-state index is 2.34. The van der Waals surface area contributed by atoms with E-state index in [1.54, 1.807) is 0 Å². The van der Waals surface area contributed by atoms with E-state index in [9.17, 15) is 0 Å². The van der Waals surface area contributed by atoms with E-state index in [0.29, 0.717) is 0 Å². The zero-order valence-electron chi connectivity index (χ0n) is 26.8. The highest BCUT2D eigenvalue weighted by molar-refractivity contribution is 5.92. The fourth-order valence-electron chi connectivity index (χ4n) is 6.37. The van der Waals surface area contributed by atoms with Crippen LogP contribution in [-0.4, -0.2) is 0 Å². The summed E-state index contributed by atoms with van der Waals surface area (Å²) in [6.45, 7) is 2.19. The minimum absolute atomic E-state index is 1.07. The molecule has 0 bridgehead atoms. The van der Waals surface area contributed by atoms with Crippen molar-refractivity contribution in [2.75, 3.05) is 0 Å². The Balaban J connectivity index is 1.16. The van der Waals surface area contributed by atoms with Crippen LogP contribution in [0.2, 0.25) is 0 Å². The minimum atomic E-state index is 1.07. The Morgan fingerprint density at radius 3 is 1.36 bits per heavy atom. The standard InChI is InChI=1S/C47H38/c1-35-30-44(38-26-22-36(23-27-38)32-46(40-14-6-2-7-15-40)41-16-8-3-9-17-41)34-45(31-35)39-28-24-37(25-29-39)33-47(42-18-10-4-11-19-42)43-20-12-5-13-21-43/h2-12,14-20,22-34H,13,21H2,1H3/b47-33-. The van der Waals surface area contributed by atoms with Crippen molar-refractivity contribution in [3.05, 3.63) is 215 Å². The number of benzene rings is 6. The number of aryl methyl sites for hydroxylation is 1. The van der Waals surface area contributed by atoms with Crippen molar-refractivity contribution in [3.63, 3.8) is 0 Å². The second-order valence-electron chi connectivity index (χ2n) is 12.2. The second-order valence-corrected chi connectivity index (χ2v) is 12.2. The summed E-state index contributed by atoms with van der Waals surface area (Å²) in [6.07, 6.45) is 13.5. The summed E-state index contributed by atoms with van der Waals surface area (Å²) < 4.78 is 0. The number of rotatable bonds is 8. The Bertz CT molecular complexity index is 2030. The van der Waals surface area contributed by atoms with Gasteiger partial charge in [0.05, 0.1) is 0 Å². The summed E-state index contributed by atoms with van der Waals surface area (Å²) in [5, 5.41) is 0. The third kappa shape index (κ3) is 7.24. The molecular formula is C47H38. The van der Waals surface area contributed by atoms with Gasteiger partial charge < -0.3 is 0 Å². The van der Waals surface area contributed by atoms with Gasteiger partial charge in [-0.15, -0.1) is 0 Å². The highest BCUT2D eigenvalue weighted by Crippen LogP contribution is 2.33. The van der Waals surface area contributed by atoms with Gasteiger partial charge in [0.2, 0.25) is 0 Å². The Morgan fingerprint density at radius 2 is 0.915 bits per heavy atom. The molecule has 47 heavy (non-hydrogen) atoms. The van der Waals surface area contributed by atoms with Crippen molar-refractivity contribution >= 4 is 23.3 Å². The van der Waals surface area contributed by atoms with Crippen molar-refractivity contribution in [2.45, 2.75) is 19.8 Å². The Kier molecular flexibility index (Phi) is 9.02. The first-order chi connectivity index (χ1) is 23.2. The van der Waals surface area contributed by atoms with Gasteiger partial charge in [0.15, 0.2) is 0 Å². The van der Waals surface area contributed by atoms with Gasteiger partial charge in [-0.05, 0) is 110 Å². The molecule has 6 aromatic carbocycles. The van der Waals surface area contributed by atoms with E-state index in [4.69, 9.17) is 0 Å². The average Bonchev–Trinajstić information content (AvgIpc) is 3.14. The molecule has 7 rings (SSSR count). The van der Waals surface area contributed by atoms with Crippen LogP contribution in [0.25, 0.3) is 45.6 Å². The molecule has 0 saturated carbocycles. The van der Waals surface area contributed by atoms with Crippen molar-refractivity contribution < 1.29 is 0 Å². The van der Waals surface area contributed by atoms with E-state index in [1.807, 2.05) is 0 Å². The smallest absolute Gasteiger partial charge is 0.0105 e. The van der Waals surface area contributed by atoms with Crippen LogP contribution < -0.4 is 0 Å². The van der Waals surface area contributed by atoms with Gasteiger partial charge in [-0.1, -0.05) is 170 Å². The molecule has 0 aliphatic heterocycles. The molecule has 1 aliphatic rings. The molecule has 0 heteroatoms. The molecule has 0 N–H and O–H groups in total. The van der Waals surface area contributed by atoms with Gasteiger partial charge in [-0.25, -0.2) is 0 Å². The first kappa shape index (κ1) is 30.0. The summed E-state index contributed by atoms with van der Waals surface area (Å²) in [6, 6.07) is 56.8. The number of allylic oxidation sites excluding steroid dienone is 5. The van der Waals surface area contributed by atoms with E-state index in [2.05, 4.69) is 195 Å². The van der Waals surface area contributed by atoms with Gasteiger partial charge in [0.1, 0.15) is 0 Å². The lowest BCUT2D eigenvalue weighted by Crippen LogP contribution is -1.93. The summed E-state index contributed by atoms with van der Waals surface area (Å²) in [7, 11) is 0. The number of hydrogen-bond donors (Lipinski definition) is 0. The fraction of sp³-hybridized carbons (Fsp3) is 0.0638. The highest BCUT2D eigenvalue weighted by atomic mass is 14.2. The Hall–Kier alpha value is -5.72. The predicted octanol–water partition coefficient (Wildman–Crippen LogP) is 12.7. The van der Waals surface area contributed by atoms with Crippen molar-refractivity contribution in [3.8, 4) is 22.3 Å². The normalized spacial score (nSPS) is 12.8. The molecule has 0 saturated heterocycles. The highest BCUT2D eigenvalue weighted by Gasteiger charge is 2.11. The van der Waals surface area contributed by atoms with E-state index >= 15 is 0 Å². The minimum Gasteiger partial charge on any atom is -0.0842 e. The van der Waals surface area contributed by atoms with Crippen LogP contribution in [0.5, 0.6) is 0 Å². The summed E-state index contributed by atoms with van der Waals surface area (Å²) >= 11 is 0. The number of hydrogen-bond acceptors (Lipinski definition) is 0. The van der Waals surface area contributed by atoms with E-state index < -0.39 is 0 Å². The van der Waals surface area contributed by atoms with Crippen molar-refractivity contribution in [2.24, 2.45) is 0 Å². The maximum absolute atomic E-state index is 2.34. The molecule has 0 aromatic heterocycles. The lowest BCUT2D eigenvalue weighted by molar-refractivity contribution is 0.997. The first-order valence-electron chi connectivity index (χ1n) is 16.5. The van der Waals surface area contributed by atoms with Crippen LogP contribution >= 0.6 is 0 Å². The maximum Gasteiger partial charge on any atom is -0.0105 e. The van der Waals surface area contributed by atoms with Gasteiger partial charge in [0.25, 0.3) is 0 Å². The Labute approximate surface area is 279 Å². The quantitative estimate of drug-likeness (QED) is 0.152. The van der Waals surface area contributed by atoms with Crippen LogP contribution in [0.1, 0.15) is 46.2 Å². The molecule has 6 aromatic rings. The molecule has 0 radical (unpaired) electrons. The van der Waals surface area contributed by atoms with Crippen molar-refractivity contribution in [1.82, 2.24) is 0 Å². The molecule has 226 valence electrons. The molecule has 0 amide bonds. The second kappa shape index (κ2) is 14.1. The van der Waals surface area contributed by atoms with Crippen LogP contribution in [0.15, 0.2) is 182 Å². The monoisotopic (exact) mass is 602 g/mol. The molecule has 0 unspecified atom stereocenters. The van der Waals surface area contributed by atoms with E-state index in [-0.39, 0.29) is 0 Å². The van der Waals surface area contributed by atoms with Crippen LogP contribution in [-0.2, 0) is 0 Å². The summed E-state index contributed by atoms with van der Waals surface area (Å²) in [5.74, 6) is 0. The van der Waals surface area contributed by atoms with Gasteiger partial charge in [-0.2, -0.15) is 0 Å². The lowest BCUT2D eigenvalue weighted by Gasteiger charge is -2.15. The van der Waals surface area contributed by atoms with Gasteiger partial charge in [0, 0.05) is 0 Å². The zero-order chi connectivity index (χ0) is 31.8. The SMILES string of the molecule is Cc1cc(-c2ccc(C=C(c3ccccc3)c3ccccc3)cc2)cc(-c2ccc(/C=C(\C3=CC=CCC3)c3ccccc3)cc2)c1. The molecule has 0 spiro atoms. The van der Waals surface area contributed by atoms with Crippen LogP contribution in [0.3, 0.4) is 0 Å². The molecule has 0 heterocycles. The van der Waals surface area contributed by atoms with Crippen molar-refractivity contribution in [1.29, 1.82) is 0 Å². The van der Waals surface area contributed by atoms with E-state index in [1.165, 1.54) is 72.4 Å². The molecule has 1 aliphatic carbocycles. The third-order valence-corrected chi connectivity index (χ3v) is 8.80. The predicted molar refractivity (Wildman–Crippen MR) is 203 cm³/mol. The lowest BCUT2D eigenvalue weighted by atomic mass is 9.90. The largest absolute Gasteiger partial charge is 0.0842 e. The Morgan fingerprint density at radius 1 is 0.468 bits per heavy atom. The fourth-order valence-corrected chi connectivity index (χ4v) is 6.37. The van der Waals surface area contributed by atoms with Gasteiger partial charge >= 0.3 is 0 Å². The summed E-state index contributed by atoms with van der Waals surface area (Å²) in [4.78, 5) is 0.